The van der Waals surface area contributed by atoms with Crippen molar-refractivity contribution in [3.8, 4) is 0 Å². The first kappa shape index (κ1) is 17.4. The number of aromatic nitrogens is 3. The van der Waals surface area contributed by atoms with E-state index in [1.165, 1.54) is 0 Å². The molecule has 0 radical (unpaired) electrons. The average molecular weight is 363 g/mol. The predicted octanol–water partition coefficient (Wildman–Crippen LogP) is 1.52. The summed E-state index contributed by atoms with van der Waals surface area (Å²) in [5.74, 6) is 0.248. The number of carbonyl (C=O) groups excluding carboxylic acids is 1. The molecule has 0 amide bonds. The first-order valence-electron chi connectivity index (χ1n) is 7.88. The van der Waals surface area contributed by atoms with Crippen LogP contribution in [0.2, 0.25) is 0 Å². The van der Waals surface area contributed by atoms with Gasteiger partial charge < -0.3 is 21.1 Å². The van der Waals surface area contributed by atoms with Gasteiger partial charge in [-0.05, 0) is 25.0 Å². The number of benzene rings is 1. The Morgan fingerprint density at radius 3 is 2.92 bits per heavy atom. The number of hydrogen-bond donors (Lipinski definition) is 3. The van der Waals surface area contributed by atoms with E-state index >= 15 is 0 Å². The second-order valence-corrected chi connectivity index (χ2v) is 6.39. The predicted molar refractivity (Wildman–Crippen MR) is 94.5 cm³/mol. The number of halogens is 1. The maximum absolute atomic E-state index is 12.0. The molecule has 0 aliphatic carbocycles. The number of para-hydroxylation sites is 1. The van der Waals surface area contributed by atoms with E-state index in [0.29, 0.717) is 18.9 Å². The Kier molecular flexibility index (Phi) is 5.30. The summed E-state index contributed by atoms with van der Waals surface area (Å²) >= 11 is 5.97. The third kappa shape index (κ3) is 4.55. The van der Waals surface area contributed by atoms with Crippen LogP contribution in [0.3, 0.4) is 0 Å². The molecule has 2 atom stereocenters. The molecule has 2 unspecified atom stereocenters. The zero-order valence-electron chi connectivity index (χ0n) is 13.7. The minimum absolute atomic E-state index is 0.0527. The van der Waals surface area contributed by atoms with Crippen LogP contribution in [0.4, 0.5) is 17.6 Å². The van der Waals surface area contributed by atoms with E-state index in [2.05, 4.69) is 25.6 Å². The lowest BCUT2D eigenvalue weighted by atomic mass is 10.2. The molecule has 3 rings (SSSR count). The largest absolute Gasteiger partial charge is 0.456 e. The second-order valence-electron chi connectivity index (χ2n) is 5.77. The topological polar surface area (TPSA) is 115 Å². The Hall–Kier alpha value is -2.45. The van der Waals surface area contributed by atoms with Crippen LogP contribution in [-0.4, -0.2) is 38.9 Å². The van der Waals surface area contributed by atoms with Gasteiger partial charge in [-0.3, -0.25) is 4.79 Å². The Balaban J connectivity index is 1.65. The van der Waals surface area contributed by atoms with Crippen molar-refractivity contribution >= 4 is 35.2 Å². The van der Waals surface area contributed by atoms with Crippen LogP contribution in [0, 0.1) is 6.92 Å². The molecule has 0 saturated carbocycles. The first-order chi connectivity index (χ1) is 12.0. The van der Waals surface area contributed by atoms with Crippen LogP contribution < -0.4 is 16.4 Å². The van der Waals surface area contributed by atoms with Crippen molar-refractivity contribution < 1.29 is 9.53 Å². The van der Waals surface area contributed by atoms with Gasteiger partial charge in [0, 0.05) is 17.6 Å². The molecule has 0 spiro atoms. The highest BCUT2D eigenvalue weighted by Crippen LogP contribution is 2.18. The number of nitrogens with one attached hydrogen (secondary N) is 2. The third-order valence-electron chi connectivity index (χ3n) is 3.80. The van der Waals surface area contributed by atoms with E-state index < -0.39 is 6.04 Å². The SMILES string of the molecule is Cc1ccccc1Nc1nc(N)nc(COC(=O)C2CC(Cl)CN2)n1. The van der Waals surface area contributed by atoms with E-state index in [0.717, 1.165) is 11.3 Å². The summed E-state index contributed by atoms with van der Waals surface area (Å²) in [6, 6.07) is 7.32. The maximum Gasteiger partial charge on any atom is 0.323 e. The van der Waals surface area contributed by atoms with Gasteiger partial charge in [-0.25, -0.2) is 0 Å². The van der Waals surface area contributed by atoms with E-state index in [1.54, 1.807) is 0 Å². The highest BCUT2D eigenvalue weighted by Gasteiger charge is 2.29. The highest BCUT2D eigenvalue weighted by molar-refractivity contribution is 6.21. The van der Waals surface area contributed by atoms with Crippen LogP contribution in [-0.2, 0) is 16.1 Å². The van der Waals surface area contributed by atoms with Gasteiger partial charge in [0.15, 0.2) is 12.4 Å². The minimum atomic E-state index is -0.397. The lowest BCUT2D eigenvalue weighted by Gasteiger charge is -2.11. The van der Waals surface area contributed by atoms with Crippen molar-refractivity contribution in [2.24, 2.45) is 0 Å². The highest BCUT2D eigenvalue weighted by atomic mass is 35.5. The molecule has 2 heterocycles. The lowest BCUT2D eigenvalue weighted by Crippen LogP contribution is -2.32. The van der Waals surface area contributed by atoms with Crippen molar-refractivity contribution in [1.82, 2.24) is 20.3 Å². The van der Waals surface area contributed by atoms with Crippen molar-refractivity contribution in [2.45, 2.75) is 31.4 Å². The Morgan fingerprint density at radius 2 is 2.20 bits per heavy atom. The van der Waals surface area contributed by atoms with Gasteiger partial charge in [0.2, 0.25) is 11.9 Å². The number of esters is 1. The van der Waals surface area contributed by atoms with E-state index in [1.807, 2.05) is 31.2 Å². The van der Waals surface area contributed by atoms with Gasteiger partial charge in [0.25, 0.3) is 0 Å². The van der Waals surface area contributed by atoms with Gasteiger partial charge in [0.1, 0.15) is 6.04 Å². The molecule has 1 fully saturated rings. The van der Waals surface area contributed by atoms with Gasteiger partial charge in [-0.15, -0.1) is 11.6 Å². The van der Waals surface area contributed by atoms with Crippen LogP contribution in [0.15, 0.2) is 24.3 Å². The number of hydrogen-bond acceptors (Lipinski definition) is 8. The summed E-state index contributed by atoms with van der Waals surface area (Å²) < 4.78 is 5.25. The fourth-order valence-electron chi connectivity index (χ4n) is 2.50. The Bertz CT molecular complexity index is 772. The fraction of sp³-hybridized carbons (Fsp3) is 0.375. The molecule has 25 heavy (non-hydrogen) atoms. The molecule has 1 aromatic carbocycles. The second kappa shape index (κ2) is 7.62. The number of alkyl halides is 1. The number of nitrogens with two attached hydrogens (primary N) is 1. The quantitative estimate of drug-likeness (QED) is 0.541. The molecule has 8 nitrogen and oxygen atoms in total. The van der Waals surface area contributed by atoms with E-state index in [4.69, 9.17) is 22.1 Å². The zero-order chi connectivity index (χ0) is 17.8. The summed E-state index contributed by atoms with van der Waals surface area (Å²) in [7, 11) is 0. The van der Waals surface area contributed by atoms with Gasteiger partial charge in [-0.2, -0.15) is 15.0 Å². The van der Waals surface area contributed by atoms with Crippen LogP contribution in [0.25, 0.3) is 0 Å². The molecular weight excluding hydrogens is 344 g/mol. The molecule has 4 N–H and O–H groups in total. The summed E-state index contributed by atoms with van der Waals surface area (Å²) in [5.41, 5.74) is 7.63. The molecular formula is C16H19ClN6O2. The number of rotatable bonds is 5. The zero-order valence-corrected chi connectivity index (χ0v) is 14.5. The molecule has 9 heteroatoms. The number of ether oxygens (including phenoxy) is 1. The van der Waals surface area contributed by atoms with Crippen molar-refractivity contribution in [3.05, 3.63) is 35.7 Å². The van der Waals surface area contributed by atoms with Crippen LogP contribution in [0.1, 0.15) is 17.8 Å². The molecule has 1 aliphatic heterocycles. The molecule has 1 saturated heterocycles. The normalized spacial score (nSPS) is 19.6. The van der Waals surface area contributed by atoms with Gasteiger partial charge >= 0.3 is 5.97 Å². The van der Waals surface area contributed by atoms with Gasteiger partial charge in [0.05, 0.1) is 0 Å². The number of anilines is 3. The maximum atomic E-state index is 12.0. The monoisotopic (exact) mass is 362 g/mol. The Labute approximate surface area is 150 Å². The van der Waals surface area contributed by atoms with Crippen LogP contribution >= 0.6 is 11.6 Å². The standard InChI is InChI=1S/C16H19ClN6O2/c1-9-4-2-3-5-11(9)20-16-22-13(21-15(18)23-16)8-25-14(24)12-6-10(17)7-19-12/h2-5,10,12,19H,6-8H2,1H3,(H3,18,20,21,22,23). The summed E-state index contributed by atoms with van der Waals surface area (Å²) in [4.78, 5) is 24.3. The van der Waals surface area contributed by atoms with Gasteiger partial charge in [-0.1, -0.05) is 18.2 Å². The number of nitrogen functional groups attached to an aromatic ring is 1. The minimum Gasteiger partial charge on any atom is -0.456 e. The fourth-order valence-corrected chi connectivity index (χ4v) is 2.77. The summed E-state index contributed by atoms with van der Waals surface area (Å²) in [6.45, 7) is 2.47. The lowest BCUT2D eigenvalue weighted by molar-refractivity contribution is -0.147. The Morgan fingerprint density at radius 1 is 1.40 bits per heavy atom. The van der Waals surface area contributed by atoms with Crippen molar-refractivity contribution in [2.75, 3.05) is 17.6 Å². The van der Waals surface area contributed by atoms with Crippen LogP contribution in [0.5, 0.6) is 0 Å². The molecule has 2 aromatic rings. The number of aryl methyl sites for hydroxylation is 1. The summed E-state index contributed by atoms with van der Waals surface area (Å²) in [5, 5.41) is 6.04. The van der Waals surface area contributed by atoms with Crippen molar-refractivity contribution in [1.29, 1.82) is 0 Å². The number of nitrogens with zero attached hydrogens (tertiary/aromatic N) is 3. The van der Waals surface area contributed by atoms with E-state index in [9.17, 15) is 4.79 Å². The smallest absolute Gasteiger partial charge is 0.323 e. The first-order valence-corrected chi connectivity index (χ1v) is 8.32. The molecule has 1 aromatic heterocycles. The third-order valence-corrected chi connectivity index (χ3v) is 4.13. The molecule has 0 bridgehead atoms. The summed E-state index contributed by atoms with van der Waals surface area (Å²) in [6.07, 6.45) is 0.541. The molecule has 132 valence electrons. The van der Waals surface area contributed by atoms with Crippen molar-refractivity contribution in [3.63, 3.8) is 0 Å². The molecule has 1 aliphatic rings. The average Bonchev–Trinajstić information content (AvgIpc) is 3.01. The van der Waals surface area contributed by atoms with E-state index in [-0.39, 0.29) is 29.7 Å². The number of carbonyl (C=O) groups is 1.